The van der Waals surface area contributed by atoms with E-state index in [4.69, 9.17) is 4.98 Å². The van der Waals surface area contributed by atoms with Crippen LogP contribution in [0.15, 0.2) is 18.2 Å². The number of fused-ring (bicyclic) bond motifs is 2. The van der Waals surface area contributed by atoms with E-state index in [1.165, 1.54) is 0 Å². The number of hydrogen-bond acceptors (Lipinski definition) is 3. The summed E-state index contributed by atoms with van der Waals surface area (Å²) in [6, 6.07) is 6.27. The molecule has 0 saturated carbocycles. The van der Waals surface area contributed by atoms with Gasteiger partial charge in [-0.15, -0.1) is 0 Å². The van der Waals surface area contributed by atoms with Gasteiger partial charge in [-0.3, -0.25) is 14.6 Å². The molecule has 1 aliphatic heterocycles. The number of carbonyl (C=O) groups excluding carboxylic acids is 2. The van der Waals surface area contributed by atoms with Crippen molar-refractivity contribution in [3.05, 3.63) is 40.6 Å². The lowest BCUT2D eigenvalue weighted by molar-refractivity contribution is -0.122. The standard InChI is InChI=1S/C24H31N3O2/c1-3-7-22(28)25-17-8-6-13-27(15-17)24(29)23-18-9-4-5-10-20(18)26-21-12-11-16(2)14-19(21)23/h11-12,14,17H,3-10,13,15H2,1-2H3,(H,25,28). The molecule has 2 aliphatic rings. The summed E-state index contributed by atoms with van der Waals surface area (Å²) in [6.07, 6.45) is 7.39. The molecule has 1 atom stereocenters. The Balaban J connectivity index is 1.67. The number of benzene rings is 1. The molecular weight excluding hydrogens is 362 g/mol. The molecule has 154 valence electrons. The first-order valence-electron chi connectivity index (χ1n) is 11.1. The van der Waals surface area contributed by atoms with E-state index in [1.54, 1.807) is 0 Å². The van der Waals surface area contributed by atoms with Gasteiger partial charge < -0.3 is 10.2 Å². The summed E-state index contributed by atoms with van der Waals surface area (Å²) < 4.78 is 0. The van der Waals surface area contributed by atoms with Crippen molar-refractivity contribution in [2.24, 2.45) is 0 Å². The zero-order chi connectivity index (χ0) is 20.4. The van der Waals surface area contributed by atoms with Crippen LogP contribution in [-0.4, -0.2) is 40.8 Å². The lowest BCUT2D eigenvalue weighted by atomic mass is 9.88. The Morgan fingerprint density at radius 3 is 2.86 bits per heavy atom. The van der Waals surface area contributed by atoms with Crippen LogP contribution < -0.4 is 5.32 Å². The van der Waals surface area contributed by atoms with Gasteiger partial charge in [-0.1, -0.05) is 18.6 Å². The van der Waals surface area contributed by atoms with Crippen molar-refractivity contribution < 1.29 is 9.59 Å². The number of pyridine rings is 1. The minimum atomic E-state index is 0.0532. The Bertz CT molecular complexity index is 937. The molecule has 0 bridgehead atoms. The van der Waals surface area contributed by atoms with Crippen molar-refractivity contribution in [2.75, 3.05) is 13.1 Å². The molecule has 29 heavy (non-hydrogen) atoms. The molecule has 2 heterocycles. The summed E-state index contributed by atoms with van der Waals surface area (Å²) in [5, 5.41) is 4.10. The Hall–Kier alpha value is -2.43. The van der Waals surface area contributed by atoms with Crippen LogP contribution >= 0.6 is 0 Å². The molecule has 1 unspecified atom stereocenters. The minimum Gasteiger partial charge on any atom is -0.352 e. The number of hydrogen-bond donors (Lipinski definition) is 1. The molecule has 1 fully saturated rings. The average Bonchev–Trinajstić information content (AvgIpc) is 2.72. The highest BCUT2D eigenvalue weighted by Gasteiger charge is 2.30. The van der Waals surface area contributed by atoms with Crippen LogP contribution in [0.1, 0.15) is 72.6 Å². The summed E-state index contributed by atoms with van der Waals surface area (Å²) >= 11 is 0. The number of nitrogens with one attached hydrogen (secondary N) is 1. The maximum Gasteiger partial charge on any atom is 0.254 e. The smallest absolute Gasteiger partial charge is 0.254 e. The van der Waals surface area contributed by atoms with Crippen molar-refractivity contribution in [1.29, 1.82) is 0 Å². The lowest BCUT2D eigenvalue weighted by Crippen LogP contribution is -2.49. The van der Waals surface area contributed by atoms with Gasteiger partial charge in [0.25, 0.3) is 5.91 Å². The molecular formula is C24H31N3O2. The molecule has 1 aromatic carbocycles. The number of likely N-dealkylation sites (tertiary alicyclic amines) is 1. The molecule has 0 radical (unpaired) electrons. The Morgan fingerprint density at radius 2 is 2.03 bits per heavy atom. The second-order valence-corrected chi connectivity index (χ2v) is 8.55. The largest absolute Gasteiger partial charge is 0.352 e. The van der Waals surface area contributed by atoms with Crippen molar-refractivity contribution in [3.8, 4) is 0 Å². The predicted octanol–water partition coefficient (Wildman–Crippen LogP) is 3.94. The molecule has 2 aromatic rings. The summed E-state index contributed by atoms with van der Waals surface area (Å²) in [7, 11) is 0. The summed E-state index contributed by atoms with van der Waals surface area (Å²) in [4.78, 5) is 32.6. The van der Waals surface area contributed by atoms with Gasteiger partial charge in [-0.05, 0) is 69.6 Å². The van der Waals surface area contributed by atoms with Crippen molar-refractivity contribution in [2.45, 2.75) is 71.3 Å². The highest BCUT2D eigenvalue weighted by atomic mass is 16.2. The lowest BCUT2D eigenvalue weighted by Gasteiger charge is -2.34. The molecule has 1 N–H and O–H groups in total. The van der Waals surface area contributed by atoms with E-state index >= 15 is 0 Å². The Kier molecular flexibility index (Phi) is 5.84. The van der Waals surface area contributed by atoms with Crippen LogP contribution in [0.25, 0.3) is 10.9 Å². The van der Waals surface area contributed by atoms with Gasteiger partial charge in [0.15, 0.2) is 0 Å². The van der Waals surface area contributed by atoms with Crippen LogP contribution in [0.5, 0.6) is 0 Å². The second kappa shape index (κ2) is 8.52. The Morgan fingerprint density at radius 1 is 1.21 bits per heavy atom. The fourth-order valence-electron chi connectivity index (χ4n) is 4.75. The topological polar surface area (TPSA) is 62.3 Å². The SMILES string of the molecule is CCCC(=O)NC1CCCN(C(=O)c2c3c(nc4ccc(C)cc24)CCCC3)C1. The zero-order valence-corrected chi connectivity index (χ0v) is 17.6. The summed E-state index contributed by atoms with van der Waals surface area (Å²) in [5.74, 6) is 0.199. The zero-order valence-electron chi connectivity index (χ0n) is 17.6. The first-order chi connectivity index (χ1) is 14.1. The number of amides is 2. The molecule has 5 nitrogen and oxygen atoms in total. The maximum absolute atomic E-state index is 13.7. The van der Waals surface area contributed by atoms with Crippen LogP contribution in [0.4, 0.5) is 0 Å². The van der Waals surface area contributed by atoms with Gasteiger partial charge in [0.2, 0.25) is 5.91 Å². The van der Waals surface area contributed by atoms with E-state index in [0.717, 1.165) is 84.8 Å². The highest BCUT2D eigenvalue weighted by Crippen LogP contribution is 2.31. The van der Waals surface area contributed by atoms with Crippen LogP contribution in [0.2, 0.25) is 0 Å². The van der Waals surface area contributed by atoms with E-state index < -0.39 is 0 Å². The fourth-order valence-corrected chi connectivity index (χ4v) is 4.75. The van der Waals surface area contributed by atoms with Crippen molar-refractivity contribution in [3.63, 3.8) is 0 Å². The molecule has 4 rings (SSSR count). The Labute approximate surface area is 172 Å². The first-order valence-corrected chi connectivity index (χ1v) is 11.1. The quantitative estimate of drug-likeness (QED) is 0.856. The van der Waals surface area contributed by atoms with Crippen LogP contribution in [-0.2, 0) is 17.6 Å². The maximum atomic E-state index is 13.7. The molecule has 1 aliphatic carbocycles. The summed E-state index contributed by atoms with van der Waals surface area (Å²) in [5.41, 5.74) is 5.17. The number of piperidine rings is 1. The number of nitrogens with zero attached hydrogens (tertiary/aromatic N) is 2. The monoisotopic (exact) mass is 393 g/mol. The van der Waals surface area contributed by atoms with E-state index in [9.17, 15) is 9.59 Å². The average molecular weight is 394 g/mol. The number of carbonyl (C=O) groups is 2. The van der Waals surface area contributed by atoms with Gasteiger partial charge in [0.05, 0.1) is 11.1 Å². The molecule has 1 aromatic heterocycles. The fraction of sp³-hybridized carbons (Fsp3) is 0.542. The van der Waals surface area contributed by atoms with E-state index in [-0.39, 0.29) is 17.9 Å². The first kappa shape index (κ1) is 19.9. The van der Waals surface area contributed by atoms with Crippen LogP contribution in [0, 0.1) is 6.92 Å². The minimum absolute atomic E-state index is 0.0532. The molecule has 0 spiro atoms. The normalized spacial score (nSPS) is 19.1. The molecule has 5 heteroatoms. The molecule has 1 saturated heterocycles. The number of rotatable bonds is 4. The predicted molar refractivity (Wildman–Crippen MR) is 115 cm³/mol. The third-order valence-corrected chi connectivity index (χ3v) is 6.18. The van der Waals surface area contributed by atoms with Gasteiger partial charge in [0, 0.05) is 36.6 Å². The highest BCUT2D eigenvalue weighted by molar-refractivity contribution is 6.08. The second-order valence-electron chi connectivity index (χ2n) is 8.55. The summed E-state index contributed by atoms with van der Waals surface area (Å²) in [6.45, 7) is 5.42. The van der Waals surface area contributed by atoms with Gasteiger partial charge in [-0.25, -0.2) is 0 Å². The van der Waals surface area contributed by atoms with E-state index in [2.05, 4.69) is 24.4 Å². The van der Waals surface area contributed by atoms with Gasteiger partial charge in [0.1, 0.15) is 0 Å². The van der Waals surface area contributed by atoms with E-state index in [0.29, 0.717) is 13.0 Å². The third-order valence-electron chi connectivity index (χ3n) is 6.18. The van der Waals surface area contributed by atoms with Gasteiger partial charge >= 0.3 is 0 Å². The number of aryl methyl sites for hydroxylation is 2. The number of aromatic nitrogens is 1. The van der Waals surface area contributed by atoms with Crippen molar-refractivity contribution >= 4 is 22.7 Å². The van der Waals surface area contributed by atoms with Gasteiger partial charge in [-0.2, -0.15) is 0 Å². The van der Waals surface area contributed by atoms with E-state index in [1.807, 2.05) is 17.9 Å². The molecule has 2 amide bonds. The third kappa shape index (κ3) is 4.14. The van der Waals surface area contributed by atoms with Crippen molar-refractivity contribution in [1.82, 2.24) is 15.2 Å². The van der Waals surface area contributed by atoms with Crippen LogP contribution in [0.3, 0.4) is 0 Å².